The van der Waals surface area contributed by atoms with Crippen LogP contribution >= 0.6 is 0 Å². The van der Waals surface area contributed by atoms with Crippen LogP contribution in [0.2, 0.25) is 0 Å². The topological polar surface area (TPSA) is 12.0 Å². The van der Waals surface area contributed by atoms with Gasteiger partial charge in [-0.2, -0.15) is 0 Å². The van der Waals surface area contributed by atoms with E-state index in [-0.39, 0.29) is 5.82 Å². The summed E-state index contributed by atoms with van der Waals surface area (Å²) in [4.78, 5) is 0. The van der Waals surface area contributed by atoms with Gasteiger partial charge in [-0.1, -0.05) is 33.6 Å². The molecule has 96 valence electrons. The van der Waals surface area contributed by atoms with Crippen molar-refractivity contribution in [3.63, 3.8) is 0 Å². The van der Waals surface area contributed by atoms with Gasteiger partial charge in [-0.3, -0.25) is 0 Å². The molecule has 1 unspecified atom stereocenters. The van der Waals surface area contributed by atoms with Crippen LogP contribution in [-0.2, 0) is 0 Å². The van der Waals surface area contributed by atoms with E-state index in [1.807, 2.05) is 0 Å². The minimum absolute atomic E-state index is 0.181. The lowest BCUT2D eigenvalue weighted by molar-refractivity contribution is 0.266. The second kappa shape index (κ2) is 6.63. The maximum absolute atomic E-state index is 12.7. The van der Waals surface area contributed by atoms with Gasteiger partial charge in [0.1, 0.15) is 5.82 Å². The fourth-order valence-electron chi connectivity index (χ4n) is 2.16. The lowest BCUT2D eigenvalue weighted by atomic mass is 9.80. The summed E-state index contributed by atoms with van der Waals surface area (Å²) in [6.07, 6.45) is 4.89. The van der Waals surface area contributed by atoms with Crippen LogP contribution in [0.5, 0.6) is 0 Å². The maximum atomic E-state index is 12.7. The molecule has 1 N–H and O–H groups in total. The molecule has 17 heavy (non-hydrogen) atoms. The van der Waals surface area contributed by atoms with Crippen molar-refractivity contribution >= 4 is 5.69 Å². The number of rotatable bonds is 7. The Morgan fingerprint density at radius 2 is 1.76 bits per heavy atom. The molecule has 0 heterocycles. The third-order valence-electron chi connectivity index (χ3n) is 3.61. The van der Waals surface area contributed by atoms with Crippen molar-refractivity contribution in [2.24, 2.45) is 5.41 Å². The first kappa shape index (κ1) is 14.0. The van der Waals surface area contributed by atoms with Crippen molar-refractivity contribution in [2.45, 2.75) is 46.5 Å². The van der Waals surface area contributed by atoms with E-state index >= 15 is 0 Å². The fourth-order valence-corrected chi connectivity index (χ4v) is 2.16. The standard InChI is InChI=1S/C15H24FN/c1-4-10-15(3,5-2)11-12-17-14-8-6-13(16)7-9-14/h6-9,17H,4-5,10-12H2,1-3H3. The van der Waals surface area contributed by atoms with Gasteiger partial charge in [0.2, 0.25) is 0 Å². The number of nitrogens with one attached hydrogen (secondary N) is 1. The van der Waals surface area contributed by atoms with E-state index in [9.17, 15) is 4.39 Å². The van der Waals surface area contributed by atoms with Crippen molar-refractivity contribution < 1.29 is 4.39 Å². The highest BCUT2D eigenvalue weighted by atomic mass is 19.1. The zero-order valence-corrected chi connectivity index (χ0v) is 11.2. The minimum Gasteiger partial charge on any atom is -0.385 e. The molecule has 1 atom stereocenters. The Kier molecular flexibility index (Phi) is 5.46. The molecule has 0 aliphatic carbocycles. The average molecular weight is 237 g/mol. The molecule has 1 aromatic carbocycles. The predicted molar refractivity (Wildman–Crippen MR) is 72.8 cm³/mol. The van der Waals surface area contributed by atoms with Gasteiger partial charge in [0.05, 0.1) is 0 Å². The highest BCUT2D eigenvalue weighted by Crippen LogP contribution is 2.31. The van der Waals surface area contributed by atoms with Gasteiger partial charge < -0.3 is 5.32 Å². The lowest BCUT2D eigenvalue weighted by Gasteiger charge is -2.28. The number of hydrogen-bond donors (Lipinski definition) is 1. The number of benzene rings is 1. The second-order valence-electron chi connectivity index (χ2n) is 5.10. The van der Waals surface area contributed by atoms with Crippen molar-refractivity contribution in [3.05, 3.63) is 30.1 Å². The van der Waals surface area contributed by atoms with Crippen molar-refractivity contribution in [3.8, 4) is 0 Å². The SMILES string of the molecule is CCCC(C)(CC)CCNc1ccc(F)cc1. The molecule has 1 aromatic rings. The lowest BCUT2D eigenvalue weighted by Crippen LogP contribution is -2.19. The second-order valence-corrected chi connectivity index (χ2v) is 5.10. The van der Waals surface area contributed by atoms with Crippen LogP contribution in [0.1, 0.15) is 46.5 Å². The van der Waals surface area contributed by atoms with E-state index in [1.54, 1.807) is 12.1 Å². The zero-order valence-electron chi connectivity index (χ0n) is 11.2. The van der Waals surface area contributed by atoms with Gasteiger partial charge >= 0.3 is 0 Å². The van der Waals surface area contributed by atoms with Gasteiger partial charge in [0.25, 0.3) is 0 Å². The summed E-state index contributed by atoms with van der Waals surface area (Å²) in [5.74, 6) is -0.181. The molecular weight excluding hydrogens is 213 g/mol. The first-order chi connectivity index (χ1) is 8.09. The van der Waals surface area contributed by atoms with E-state index in [0.717, 1.165) is 18.7 Å². The van der Waals surface area contributed by atoms with Crippen LogP contribution in [0.15, 0.2) is 24.3 Å². The molecule has 0 saturated heterocycles. The van der Waals surface area contributed by atoms with E-state index in [4.69, 9.17) is 0 Å². The maximum Gasteiger partial charge on any atom is 0.123 e. The van der Waals surface area contributed by atoms with Crippen molar-refractivity contribution in [1.82, 2.24) is 0 Å². The number of halogens is 1. The summed E-state index contributed by atoms with van der Waals surface area (Å²) in [5.41, 5.74) is 1.43. The van der Waals surface area contributed by atoms with Gasteiger partial charge in [-0.25, -0.2) is 4.39 Å². The Morgan fingerprint density at radius 1 is 1.12 bits per heavy atom. The number of hydrogen-bond acceptors (Lipinski definition) is 1. The molecule has 0 saturated carbocycles. The van der Waals surface area contributed by atoms with Crippen LogP contribution in [0.25, 0.3) is 0 Å². The Morgan fingerprint density at radius 3 is 2.29 bits per heavy atom. The molecule has 1 rings (SSSR count). The van der Waals surface area contributed by atoms with Crippen LogP contribution in [0.4, 0.5) is 10.1 Å². The first-order valence-corrected chi connectivity index (χ1v) is 6.59. The average Bonchev–Trinajstić information content (AvgIpc) is 2.32. The van der Waals surface area contributed by atoms with E-state index < -0.39 is 0 Å². The summed E-state index contributed by atoms with van der Waals surface area (Å²) < 4.78 is 12.7. The Hall–Kier alpha value is -1.05. The predicted octanol–water partition coefficient (Wildman–Crippen LogP) is 4.84. The van der Waals surface area contributed by atoms with Gasteiger partial charge in [0.15, 0.2) is 0 Å². The van der Waals surface area contributed by atoms with Crippen LogP contribution in [0, 0.1) is 11.2 Å². The van der Waals surface area contributed by atoms with Crippen LogP contribution in [-0.4, -0.2) is 6.54 Å². The van der Waals surface area contributed by atoms with Gasteiger partial charge in [-0.05, 0) is 42.5 Å². The van der Waals surface area contributed by atoms with Crippen LogP contribution < -0.4 is 5.32 Å². The first-order valence-electron chi connectivity index (χ1n) is 6.59. The molecule has 2 heteroatoms. The summed E-state index contributed by atoms with van der Waals surface area (Å²) in [5, 5.41) is 3.35. The smallest absolute Gasteiger partial charge is 0.123 e. The molecule has 0 bridgehead atoms. The Balaban J connectivity index is 2.38. The van der Waals surface area contributed by atoms with Crippen molar-refractivity contribution in [2.75, 3.05) is 11.9 Å². The van der Waals surface area contributed by atoms with E-state index in [1.165, 1.54) is 31.4 Å². The molecule has 0 amide bonds. The molecule has 0 aromatic heterocycles. The molecule has 1 nitrogen and oxygen atoms in total. The summed E-state index contributed by atoms with van der Waals surface area (Å²) in [7, 11) is 0. The molecule has 0 aliphatic heterocycles. The molecule has 0 aliphatic rings. The Labute approximate surface area is 104 Å². The van der Waals surface area contributed by atoms with E-state index in [2.05, 4.69) is 26.1 Å². The van der Waals surface area contributed by atoms with Crippen LogP contribution in [0.3, 0.4) is 0 Å². The molecule has 0 fully saturated rings. The van der Waals surface area contributed by atoms with E-state index in [0.29, 0.717) is 5.41 Å². The third kappa shape index (κ3) is 4.76. The van der Waals surface area contributed by atoms with Gasteiger partial charge in [0, 0.05) is 12.2 Å². The monoisotopic (exact) mass is 237 g/mol. The fraction of sp³-hybridized carbons (Fsp3) is 0.600. The molecule has 0 spiro atoms. The quantitative estimate of drug-likeness (QED) is 0.715. The summed E-state index contributed by atoms with van der Waals surface area (Å²) >= 11 is 0. The highest BCUT2D eigenvalue weighted by molar-refractivity contribution is 5.42. The largest absolute Gasteiger partial charge is 0.385 e. The minimum atomic E-state index is -0.181. The Bertz CT molecular complexity index is 320. The third-order valence-corrected chi connectivity index (χ3v) is 3.61. The van der Waals surface area contributed by atoms with Crippen molar-refractivity contribution in [1.29, 1.82) is 0 Å². The normalized spacial score (nSPS) is 14.4. The number of anilines is 1. The summed E-state index contributed by atoms with van der Waals surface area (Å²) in [6, 6.07) is 6.57. The highest BCUT2D eigenvalue weighted by Gasteiger charge is 2.19. The summed E-state index contributed by atoms with van der Waals surface area (Å²) in [6.45, 7) is 7.80. The zero-order chi connectivity index (χ0) is 12.7. The van der Waals surface area contributed by atoms with Gasteiger partial charge in [-0.15, -0.1) is 0 Å². The molecule has 0 radical (unpaired) electrons. The molecular formula is C15H24FN.